The summed E-state index contributed by atoms with van der Waals surface area (Å²) in [6, 6.07) is 4.04. The fourth-order valence-corrected chi connectivity index (χ4v) is 4.59. The maximum absolute atomic E-state index is 12.6. The van der Waals surface area contributed by atoms with Crippen LogP contribution in [0.4, 0.5) is 0 Å². The Kier molecular flexibility index (Phi) is 5.55. The fourth-order valence-electron chi connectivity index (χ4n) is 2.74. The molecule has 1 atom stereocenters. The van der Waals surface area contributed by atoms with E-state index in [1.54, 1.807) is 25.2 Å². The number of nitrogens with zero attached hydrogens (tertiary/aromatic N) is 2. The first-order valence-electron chi connectivity index (χ1n) is 8.35. The van der Waals surface area contributed by atoms with Gasteiger partial charge in [-0.1, -0.05) is 6.07 Å². The zero-order valence-corrected chi connectivity index (χ0v) is 16.8. The highest BCUT2D eigenvalue weighted by Crippen LogP contribution is 2.29. The van der Waals surface area contributed by atoms with E-state index < -0.39 is 5.97 Å². The first-order chi connectivity index (χ1) is 12.4. The molecule has 8 heteroatoms. The van der Waals surface area contributed by atoms with Gasteiger partial charge in [0.2, 0.25) is 0 Å². The quantitative estimate of drug-likeness (QED) is 0.648. The predicted molar refractivity (Wildman–Crippen MR) is 105 cm³/mol. The highest BCUT2D eigenvalue weighted by molar-refractivity contribution is 7.20. The molecule has 0 saturated carbocycles. The van der Waals surface area contributed by atoms with E-state index in [2.05, 4.69) is 20.9 Å². The molecule has 0 fully saturated rings. The van der Waals surface area contributed by atoms with Crippen LogP contribution >= 0.6 is 22.7 Å². The number of esters is 1. The van der Waals surface area contributed by atoms with E-state index in [1.807, 2.05) is 25.4 Å². The zero-order chi connectivity index (χ0) is 18.8. The Hall–Kier alpha value is -2.03. The Bertz CT molecular complexity index is 976. The molecule has 3 heterocycles. The molecule has 3 aromatic rings. The van der Waals surface area contributed by atoms with Crippen LogP contribution in [-0.2, 0) is 11.3 Å². The number of aromatic nitrogens is 2. The molecule has 0 unspecified atom stereocenters. The number of nitrogens with one attached hydrogen (secondary N) is 1. The van der Waals surface area contributed by atoms with E-state index in [0.717, 1.165) is 6.54 Å². The van der Waals surface area contributed by atoms with Crippen LogP contribution in [-0.4, -0.2) is 34.5 Å². The molecular weight excluding hydrogens is 370 g/mol. The second-order valence-corrected chi connectivity index (χ2v) is 8.11. The Balaban J connectivity index is 1.95. The lowest BCUT2D eigenvalue weighted by Gasteiger charge is -2.23. The number of hydrogen-bond donors (Lipinski definition) is 1. The second-order valence-electron chi connectivity index (χ2n) is 6.08. The van der Waals surface area contributed by atoms with Gasteiger partial charge in [0.1, 0.15) is 15.5 Å². The van der Waals surface area contributed by atoms with E-state index in [-0.39, 0.29) is 11.6 Å². The van der Waals surface area contributed by atoms with E-state index in [4.69, 9.17) is 4.74 Å². The lowest BCUT2D eigenvalue weighted by Crippen LogP contribution is -2.25. The maximum atomic E-state index is 12.6. The van der Waals surface area contributed by atoms with Gasteiger partial charge in [-0.25, -0.2) is 9.78 Å². The minimum Gasteiger partial charge on any atom is -0.462 e. The molecule has 0 aliphatic heterocycles. The number of hydrogen-bond acceptors (Lipinski definition) is 7. The van der Waals surface area contributed by atoms with Crippen LogP contribution in [0.25, 0.3) is 10.2 Å². The highest BCUT2D eigenvalue weighted by Gasteiger charge is 2.22. The third kappa shape index (κ3) is 3.58. The molecular formula is C18H21N3O3S2. The molecule has 0 aliphatic carbocycles. The largest absolute Gasteiger partial charge is 0.462 e. The van der Waals surface area contributed by atoms with E-state index in [1.165, 1.54) is 16.2 Å². The number of aryl methyl sites for hydroxylation is 1. The van der Waals surface area contributed by atoms with Crippen molar-refractivity contribution in [2.45, 2.75) is 33.4 Å². The number of aromatic amines is 1. The van der Waals surface area contributed by atoms with Gasteiger partial charge >= 0.3 is 5.97 Å². The minimum absolute atomic E-state index is 0.0670. The fraction of sp³-hybridized carbons (Fsp3) is 0.389. The van der Waals surface area contributed by atoms with Crippen LogP contribution < -0.4 is 5.56 Å². The van der Waals surface area contributed by atoms with Crippen molar-refractivity contribution in [3.05, 3.63) is 49.0 Å². The summed E-state index contributed by atoms with van der Waals surface area (Å²) in [6.45, 7) is 6.59. The summed E-state index contributed by atoms with van der Waals surface area (Å²) in [4.78, 5) is 36.6. The molecule has 0 aliphatic rings. The molecule has 0 bridgehead atoms. The number of carbonyl (C=O) groups excluding carboxylic acids is 1. The van der Waals surface area contributed by atoms with E-state index >= 15 is 0 Å². The van der Waals surface area contributed by atoms with Crippen molar-refractivity contribution in [2.75, 3.05) is 13.7 Å². The Morgan fingerprint density at radius 1 is 1.46 bits per heavy atom. The van der Waals surface area contributed by atoms with Crippen molar-refractivity contribution in [2.24, 2.45) is 0 Å². The van der Waals surface area contributed by atoms with Crippen LogP contribution in [0, 0.1) is 6.92 Å². The molecule has 0 amide bonds. The molecule has 0 radical (unpaired) electrons. The van der Waals surface area contributed by atoms with Gasteiger partial charge in [0.15, 0.2) is 0 Å². The summed E-state index contributed by atoms with van der Waals surface area (Å²) in [7, 11) is 2.00. The number of ether oxygens (including phenoxy) is 1. The number of thiophene rings is 2. The lowest BCUT2D eigenvalue weighted by atomic mass is 10.2. The van der Waals surface area contributed by atoms with Gasteiger partial charge in [0.05, 0.1) is 18.0 Å². The Morgan fingerprint density at radius 2 is 2.23 bits per heavy atom. The SMILES string of the molecule is CCOC(=O)c1sc2nc([C@H](C)N(C)Cc3cccs3)[nH]c(=O)c2c1C. The van der Waals surface area contributed by atoms with Crippen molar-refractivity contribution in [3.8, 4) is 0 Å². The molecule has 0 saturated heterocycles. The van der Waals surface area contributed by atoms with Gasteiger partial charge in [-0.15, -0.1) is 22.7 Å². The van der Waals surface area contributed by atoms with Gasteiger partial charge in [-0.05, 0) is 44.8 Å². The van der Waals surface area contributed by atoms with Gasteiger partial charge in [-0.3, -0.25) is 9.69 Å². The third-order valence-corrected chi connectivity index (χ3v) is 6.35. The smallest absolute Gasteiger partial charge is 0.348 e. The lowest BCUT2D eigenvalue weighted by molar-refractivity contribution is 0.0531. The Labute approximate surface area is 159 Å². The second kappa shape index (κ2) is 7.69. The third-order valence-electron chi connectivity index (χ3n) is 4.32. The van der Waals surface area contributed by atoms with Crippen LogP contribution in [0.2, 0.25) is 0 Å². The van der Waals surface area contributed by atoms with Crippen LogP contribution in [0.3, 0.4) is 0 Å². The van der Waals surface area contributed by atoms with Crippen LogP contribution in [0.5, 0.6) is 0 Å². The monoisotopic (exact) mass is 391 g/mol. The average molecular weight is 392 g/mol. The van der Waals surface area contributed by atoms with Crippen molar-refractivity contribution < 1.29 is 9.53 Å². The predicted octanol–water partition coefficient (Wildman–Crippen LogP) is 3.72. The number of fused-ring (bicyclic) bond motifs is 1. The minimum atomic E-state index is -0.406. The van der Waals surface area contributed by atoms with E-state index in [0.29, 0.717) is 33.1 Å². The first kappa shape index (κ1) is 18.8. The normalized spacial score (nSPS) is 12.7. The summed E-state index contributed by atoms with van der Waals surface area (Å²) in [5.41, 5.74) is 0.411. The molecule has 26 heavy (non-hydrogen) atoms. The highest BCUT2D eigenvalue weighted by atomic mass is 32.1. The number of H-pyrrole nitrogens is 1. The summed E-state index contributed by atoms with van der Waals surface area (Å²) >= 11 is 2.91. The standard InChI is InChI=1S/C18H21N3O3S2/c1-5-24-18(23)14-10(2)13-16(22)19-15(20-17(13)26-14)11(3)21(4)9-12-7-6-8-25-12/h6-8,11H,5,9H2,1-4H3,(H,19,20,22)/t11-/m0/s1. The molecule has 0 spiro atoms. The van der Waals surface area contributed by atoms with Crippen LogP contribution in [0.15, 0.2) is 22.3 Å². The topological polar surface area (TPSA) is 75.3 Å². The van der Waals surface area contributed by atoms with E-state index in [9.17, 15) is 9.59 Å². The van der Waals surface area contributed by atoms with Gasteiger partial charge in [-0.2, -0.15) is 0 Å². The number of rotatable bonds is 6. The van der Waals surface area contributed by atoms with Gasteiger partial charge in [0, 0.05) is 11.4 Å². The number of carbonyl (C=O) groups is 1. The maximum Gasteiger partial charge on any atom is 0.348 e. The molecule has 6 nitrogen and oxygen atoms in total. The molecule has 0 aromatic carbocycles. The molecule has 138 valence electrons. The van der Waals surface area contributed by atoms with Crippen molar-refractivity contribution >= 4 is 38.9 Å². The molecule has 3 rings (SSSR count). The van der Waals surface area contributed by atoms with Gasteiger partial charge < -0.3 is 9.72 Å². The summed E-state index contributed by atoms with van der Waals surface area (Å²) in [5, 5.41) is 2.51. The van der Waals surface area contributed by atoms with Crippen molar-refractivity contribution in [1.82, 2.24) is 14.9 Å². The Morgan fingerprint density at radius 3 is 2.88 bits per heavy atom. The first-order valence-corrected chi connectivity index (χ1v) is 10.0. The zero-order valence-electron chi connectivity index (χ0n) is 15.2. The average Bonchev–Trinajstić information content (AvgIpc) is 3.22. The summed E-state index contributed by atoms with van der Waals surface area (Å²) < 4.78 is 5.08. The summed E-state index contributed by atoms with van der Waals surface area (Å²) in [5.74, 6) is 0.190. The molecule has 1 N–H and O–H groups in total. The summed E-state index contributed by atoms with van der Waals surface area (Å²) in [6.07, 6.45) is 0. The molecule has 3 aromatic heterocycles. The van der Waals surface area contributed by atoms with Crippen molar-refractivity contribution in [1.29, 1.82) is 0 Å². The van der Waals surface area contributed by atoms with Gasteiger partial charge in [0.25, 0.3) is 5.56 Å². The van der Waals surface area contributed by atoms with Crippen molar-refractivity contribution in [3.63, 3.8) is 0 Å². The van der Waals surface area contributed by atoms with Crippen LogP contribution in [0.1, 0.15) is 45.8 Å².